The van der Waals surface area contributed by atoms with Gasteiger partial charge in [0.15, 0.2) is 11.5 Å². The van der Waals surface area contributed by atoms with Crippen molar-refractivity contribution in [2.45, 2.75) is 0 Å². The second-order valence-corrected chi connectivity index (χ2v) is 3.65. The second kappa shape index (κ2) is 5.75. The van der Waals surface area contributed by atoms with E-state index in [-0.39, 0.29) is 11.5 Å². The molecule has 18 heavy (non-hydrogen) atoms. The van der Waals surface area contributed by atoms with Crippen LogP contribution in [0, 0.1) is 0 Å². The Bertz CT molecular complexity index is 590. The van der Waals surface area contributed by atoms with E-state index in [1.165, 1.54) is 17.0 Å². The molecule has 3 aromatic rings. The van der Waals surface area contributed by atoms with Crippen LogP contribution in [0.15, 0.2) is 60.8 Å². The van der Waals surface area contributed by atoms with E-state index in [1.54, 1.807) is 18.2 Å². The van der Waals surface area contributed by atoms with Crippen molar-refractivity contribution >= 4 is 10.9 Å². The Kier molecular flexibility index (Phi) is 3.83. The minimum atomic E-state index is 0.0556. The van der Waals surface area contributed by atoms with Crippen molar-refractivity contribution in [3.05, 3.63) is 60.8 Å². The van der Waals surface area contributed by atoms with Crippen LogP contribution >= 0.6 is 0 Å². The zero-order chi connectivity index (χ0) is 12.8. The normalized spacial score (nSPS) is 9.61. The Morgan fingerprint density at radius 3 is 2.33 bits per heavy atom. The van der Waals surface area contributed by atoms with Crippen LogP contribution < -0.4 is 10.7 Å². The van der Waals surface area contributed by atoms with Crippen LogP contribution in [0.5, 0.6) is 11.5 Å². The summed E-state index contributed by atoms with van der Waals surface area (Å²) in [6.07, 6.45) is 1.95. The minimum Gasteiger partial charge on any atom is -0.504 e. The zero-order valence-electron chi connectivity index (χ0n) is 9.71. The maximum atomic E-state index is 8.91. The van der Waals surface area contributed by atoms with Crippen molar-refractivity contribution in [1.29, 1.82) is 0 Å². The Morgan fingerprint density at radius 2 is 1.67 bits per heavy atom. The van der Waals surface area contributed by atoms with Crippen LogP contribution in [0.25, 0.3) is 10.9 Å². The number of phenols is 1. The highest BCUT2D eigenvalue weighted by atomic mass is 16.6. The van der Waals surface area contributed by atoms with Gasteiger partial charge >= 0.3 is 0 Å². The van der Waals surface area contributed by atoms with Crippen LogP contribution in [0.4, 0.5) is 0 Å². The summed E-state index contributed by atoms with van der Waals surface area (Å²) < 4.78 is 0. The first-order valence-electron chi connectivity index (χ1n) is 5.48. The molecule has 4 N–H and O–H groups in total. The van der Waals surface area contributed by atoms with Crippen molar-refractivity contribution in [3.63, 3.8) is 0 Å². The van der Waals surface area contributed by atoms with E-state index in [0.29, 0.717) is 0 Å². The first-order valence-corrected chi connectivity index (χ1v) is 5.48. The molecule has 0 amide bonds. The molecule has 0 fully saturated rings. The third kappa shape index (κ3) is 2.81. The molecule has 4 heteroatoms. The molecule has 0 saturated heterocycles. The largest absolute Gasteiger partial charge is 0.504 e. The predicted octanol–water partition coefficient (Wildman–Crippen LogP) is 2.81. The van der Waals surface area contributed by atoms with E-state index >= 15 is 0 Å². The molecule has 92 valence electrons. The highest BCUT2D eigenvalue weighted by Gasteiger charge is 1.95. The Morgan fingerprint density at radius 1 is 0.944 bits per heavy atom. The van der Waals surface area contributed by atoms with E-state index in [2.05, 4.69) is 28.0 Å². The van der Waals surface area contributed by atoms with Gasteiger partial charge in [-0.3, -0.25) is 0 Å². The monoisotopic (exact) mass is 242 g/mol. The van der Waals surface area contributed by atoms with Gasteiger partial charge in [-0.1, -0.05) is 30.3 Å². The number of phenolic OH excluding ortho intramolecular Hbond substituents is 1. The van der Waals surface area contributed by atoms with Crippen molar-refractivity contribution < 1.29 is 9.94 Å². The summed E-state index contributed by atoms with van der Waals surface area (Å²) in [6, 6.07) is 16.8. The molecule has 4 nitrogen and oxygen atoms in total. The van der Waals surface area contributed by atoms with E-state index in [4.69, 9.17) is 11.0 Å². The second-order valence-electron chi connectivity index (χ2n) is 3.65. The van der Waals surface area contributed by atoms with Crippen LogP contribution in [0.1, 0.15) is 0 Å². The molecule has 0 aliphatic heterocycles. The fourth-order valence-corrected chi connectivity index (χ4v) is 1.55. The Hall–Kier alpha value is -2.46. The molecule has 0 radical (unpaired) electrons. The van der Waals surface area contributed by atoms with E-state index < -0.39 is 0 Å². The molecule has 0 unspecified atom stereocenters. The summed E-state index contributed by atoms with van der Waals surface area (Å²) >= 11 is 0. The minimum absolute atomic E-state index is 0.0556. The van der Waals surface area contributed by atoms with E-state index in [1.807, 2.05) is 18.3 Å². The van der Waals surface area contributed by atoms with E-state index in [9.17, 15) is 0 Å². The van der Waals surface area contributed by atoms with Crippen molar-refractivity contribution in [3.8, 4) is 11.5 Å². The van der Waals surface area contributed by atoms with Gasteiger partial charge in [-0.2, -0.15) is 5.90 Å². The van der Waals surface area contributed by atoms with Crippen LogP contribution in [0.2, 0.25) is 0 Å². The van der Waals surface area contributed by atoms with Crippen LogP contribution in [-0.2, 0) is 0 Å². The van der Waals surface area contributed by atoms with Crippen molar-refractivity contribution in [1.82, 2.24) is 4.98 Å². The lowest BCUT2D eigenvalue weighted by Gasteiger charge is -1.98. The van der Waals surface area contributed by atoms with Crippen molar-refractivity contribution in [2.75, 3.05) is 0 Å². The number of fused-ring (bicyclic) bond motifs is 1. The number of hydrogen-bond donors (Lipinski definition) is 3. The van der Waals surface area contributed by atoms with Gasteiger partial charge in [0, 0.05) is 11.7 Å². The number of nitrogens with two attached hydrogens (primary N) is 1. The summed E-state index contributed by atoms with van der Waals surface area (Å²) in [5.74, 6) is 5.14. The molecule has 0 spiro atoms. The van der Waals surface area contributed by atoms with Crippen LogP contribution in [-0.4, -0.2) is 10.1 Å². The molecule has 2 aromatic carbocycles. The summed E-state index contributed by atoms with van der Waals surface area (Å²) in [7, 11) is 0. The lowest BCUT2D eigenvalue weighted by molar-refractivity contribution is 0.313. The number of H-pyrrole nitrogens is 1. The zero-order valence-corrected chi connectivity index (χ0v) is 9.71. The average Bonchev–Trinajstić information content (AvgIpc) is 2.88. The molecule has 3 rings (SSSR count). The highest BCUT2D eigenvalue weighted by Crippen LogP contribution is 2.22. The number of para-hydroxylation sites is 3. The Labute approximate surface area is 105 Å². The van der Waals surface area contributed by atoms with Gasteiger partial charge in [0.2, 0.25) is 0 Å². The predicted molar refractivity (Wildman–Crippen MR) is 71.2 cm³/mol. The molecule has 0 aliphatic carbocycles. The number of rotatable bonds is 1. The van der Waals surface area contributed by atoms with Crippen LogP contribution in [0.3, 0.4) is 0 Å². The number of hydrogen-bond acceptors (Lipinski definition) is 3. The van der Waals surface area contributed by atoms with Gasteiger partial charge in [-0.25, -0.2) is 0 Å². The summed E-state index contributed by atoms with van der Waals surface area (Å²) in [5, 5.41) is 10.2. The SMILES string of the molecule is NOc1ccccc1O.c1ccc2[nH]ccc2c1. The molecule has 0 saturated carbocycles. The lowest BCUT2D eigenvalue weighted by atomic mass is 10.3. The number of nitrogens with one attached hydrogen (secondary N) is 1. The third-order valence-corrected chi connectivity index (χ3v) is 2.45. The quantitative estimate of drug-likeness (QED) is 0.574. The standard InChI is InChI=1S/C8H7N.C6H7NO2/c1-2-4-8-7(3-1)5-6-9-8;7-9-6-4-2-1-3-5(6)8/h1-6,9H;1-4,8H,7H2. The van der Waals surface area contributed by atoms with Gasteiger partial charge in [0.05, 0.1) is 0 Å². The molecule has 0 bridgehead atoms. The molecule has 0 atom stereocenters. The maximum absolute atomic E-state index is 8.91. The smallest absolute Gasteiger partial charge is 0.188 e. The van der Waals surface area contributed by atoms with Gasteiger partial charge in [0.25, 0.3) is 0 Å². The number of aromatic hydroxyl groups is 1. The average molecular weight is 242 g/mol. The highest BCUT2D eigenvalue weighted by molar-refractivity contribution is 5.78. The lowest BCUT2D eigenvalue weighted by Crippen LogP contribution is -2.01. The maximum Gasteiger partial charge on any atom is 0.188 e. The first kappa shape index (κ1) is 12.0. The number of aromatic amines is 1. The summed E-state index contributed by atoms with van der Waals surface area (Å²) in [5.41, 5.74) is 1.21. The van der Waals surface area contributed by atoms with E-state index in [0.717, 1.165) is 0 Å². The molecular formula is C14H14N2O2. The molecular weight excluding hydrogens is 228 g/mol. The molecule has 1 heterocycles. The summed E-state index contributed by atoms with van der Waals surface area (Å²) in [6.45, 7) is 0. The fraction of sp³-hybridized carbons (Fsp3) is 0. The first-order chi connectivity index (χ1) is 8.81. The fourth-order valence-electron chi connectivity index (χ4n) is 1.55. The van der Waals surface area contributed by atoms with Gasteiger partial charge in [0.1, 0.15) is 0 Å². The summed E-state index contributed by atoms with van der Waals surface area (Å²) in [4.78, 5) is 7.41. The topological polar surface area (TPSA) is 71.3 Å². The Balaban J connectivity index is 0.000000134. The van der Waals surface area contributed by atoms with Crippen molar-refractivity contribution in [2.24, 2.45) is 5.90 Å². The van der Waals surface area contributed by atoms with Gasteiger partial charge in [-0.05, 0) is 29.7 Å². The number of aromatic nitrogens is 1. The third-order valence-electron chi connectivity index (χ3n) is 2.45. The van der Waals surface area contributed by atoms with Gasteiger partial charge < -0.3 is 14.9 Å². The number of benzene rings is 2. The molecule has 0 aliphatic rings. The van der Waals surface area contributed by atoms with Gasteiger partial charge in [-0.15, -0.1) is 0 Å². The molecule has 1 aromatic heterocycles.